The van der Waals surface area contributed by atoms with Crippen molar-refractivity contribution in [2.75, 3.05) is 12.4 Å². The predicted octanol–water partition coefficient (Wildman–Crippen LogP) is 2.29. The smallest absolute Gasteiger partial charge is 0.257 e. The van der Waals surface area contributed by atoms with Crippen LogP contribution in [0.1, 0.15) is 21.5 Å². The third-order valence-electron chi connectivity index (χ3n) is 2.72. The molecule has 0 aliphatic rings. The van der Waals surface area contributed by atoms with E-state index in [-0.39, 0.29) is 5.91 Å². The van der Waals surface area contributed by atoms with Crippen molar-refractivity contribution < 1.29 is 9.53 Å². The van der Waals surface area contributed by atoms with Gasteiger partial charge in [0.2, 0.25) is 5.88 Å². The number of rotatable bonds is 3. The zero-order chi connectivity index (χ0) is 13.1. The molecule has 0 saturated carbocycles. The Balaban J connectivity index is 2.22. The molecule has 18 heavy (non-hydrogen) atoms. The Bertz CT molecular complexity index is 555. The van der Waals surface area contributed by atoms with Gasteiger partial charge in [-0.3, -0.25) is 9.89 Å². The summed E-state index contributed by atoms with van der Waals surface area (Å²) in [5.74, 6) is 0.795. The van der Waals surface area contributed by atoms with E-state index in [9.17, 15) is 4.79 Å². The fourth-order valence-corrected chi connectivity index (χ4v) is 1.83. The third kappa shape index (κ3) is 2.34. The number of nitrogens with zero attached hydrogens (tertiary/aromatic N) is 1. The molecule has 0 unspecified atom stereocenters. The molecule has 1 aromatic carbocycles. The molecule has 5 nitrogen and oxygen atoms in total. The van der Waals surface area contributed by atoms with Crippen molar-refractivity contribution in [3.05, 3.63) is 41.0 Å². The normalized spacial score (nSPS) is 10.2. The number of aromatic nitrogens is 2. The number of H-pyrrole nitrogens is 1. The molecule has 2 N–H and O–H groups in total. The van der Waals surface area contributed by atoms with Gasteiger partial charge in [-0.2, -0.15) is 0 Å². The average Bonchev–Trinajstić information content (AvgIpc) is 2.76. The molecule has 0 bridgehead atoms. The number of hydrogen-bond acceptors (Lipinski definition) is 3. The minimum atomic E-state index is -0.156. The van der Waals surface area contributed by atoms with Gasteiger partial charge in [0.1, 0.15) is 5.82 Å². The molecule has 0 radical (unpaired) electrons. The molecule has 5 heteroatoms. The molecule has 94 valence electrons. The summed E-state index contributed by atoms with van der Waals surface area (Å²) in [7, 11) is 1.52. The average molecular weight is 245 g/mol. The van der Waals surface area contributed by atoms with Crippen LogP contribution in [0.25, 0.3) is 0 Å². The van der Waals surface area contributed by atoms with Crippen molar-refractivity contribution in [3.63, 3.8) is 0 Å². The number of carbonyl (C=O) groups is 1. The van der Waals surface area contributed by atoms with Gasteiger partial charge in [-0.15, -0.1) is 5.10 Å². The van der Waals surface area contributed by atoms with Crippen LogP contribution in [0.2, 0.25) is 0 Å². The molecule has 0 atom stereocenters. The lowest BCUT2D eigenvalue weighted by molar-refractivity contribution is 0.102. The zero-order valence-corrected chi connectivity index (χ0v) is 10.6. The molecule has 1 amide bonds. The number of amides is 1. The third-order valence-corrected chi connectivity index (χ3v) is 2.72. The highest BCUT2D eigenvalue weighted by atomic mass is 16.5. The number of aromatic amines is 1. The summed E-state index contributed by atoms with van der Waals surface area (Å²) in [5.41, 5.74) is 2.57. The van der Waals surface area contributed by atoms with E-state index in [0.717, 1.165) is 11.1 Å². The number of methoxy groups -OCH3 is 1. The summed E-state index contributed by atoms with van der Waals surface area (Å²) in [6.07, 6.45) is 0. The maximum atomic E-state index is 12.2. The monoisotopic (exact) mass is 245 g/mol. The number of aryl methyl sites for hydroxylation is 2. The van der Waals surface area contributed by atoms with Crippen LogP contribution in [0, 0.1) is 13.8 Å². The van der Waals surface area contributed by atoms with Gasteiger partial charge in [0.05, 0.1) is 7.11 Å². The Morgan fingerprint density at radius 3 is 2.56 bits per heavy atom. The number of anilines is 1. The van der Waals surface area contributed by atoms with Crippen LogP contribution in [0.15, 0.2) is 24.3 Å². The summed E-state index contributed by atoms with van der Waals surface area (Å²) in [5, 5.41) is 9.31. The zero-order valence-electron chi connectivity index (χ0n) is 10.6. The van der Waals surface area contributed by atoms with Crippen LogP contribution in [0.5, 0.6) is 5.88 Å². The van der Waals surface area contributed by atoms with E-state index in [1.54, 1.807) is 6.07 Å². The van der Waals surface area contributed by atoms with Crippen molar-refractivity contribution in [2.24, 2.45) is 0 Å². The van der Waals surface area contributed by atoms with Gasteiger partial charge in [-0.25, -0.2) is 0 Å². The van der Waals surface area contributed by atoms with Crippen LogP contribution >= 0.6 is 0 Å². The molecule has 0 spiro atoms. The predicted molar refractivity (Wildman–Crippen MR) is 69.0 cm³/mol. The molecule has 2 aromatic rings. The molecular weight excluding hydrogens is 230 g/mol. The van der Waals surface area contributed by atoms with Gasteiger partial charge in [0, 0.05) is 11.6 Å². The van der Waals surface area contributed by atoms with Crippen molar-refractivity contribution >= 4 is 11.7 Å². The van der Waals surface area contributed by atoms with E-state index in [2.05, 4.69) is 15.5 Å². The summed E-state index contributed by atoms with van der Waals surface area (Å²) in [6, 6.07) is 7.39. The second-order valence-corrected chi connectivity index (χ2v) is 4.04. The van der Waals surface area contributed by atoms with Gasteiger partial charge in [0.15, 0.2) is 0 Å². The van der Waals surface area contributed by atoms with Gasteiger partial charge in [-0.1, -0.05) is 18.2 Å². The first kappa shape index (κ1) is 12.2. The minimum Gasteiger partial charge on any atom is -0.480 e. The molecule has 0 fully saturated rings. The van der Waals surface area contributed by atoms with E-state index in [1.165, 1.54) is 7.11 Å². The summed E-state index contributed by atoms with van der Waals surface area (Å²) < 4.78 is 4.94. The SMILES string of the molecule is COc1cc(NC(=O)c2c(C)cccc2C)[nH]n1. The highest BCUT2D eigenvalue weighted by molar-refractivity contribution is 6.05. The van der Waals surface area contributed by atoms with E-state index in [4.69, 9.17) is 4.74 Å². The molecular formula is C13H15N3O2. The van der Waals surface area contributed by atoms with Crippen LogP contribution in [0.4, 0.5) is 5.82 Å². The first-order valence-corrected chi connectivity index (χ1v) is 5.59. The summed E-state index contributed by atoms with van der Waals surface area (Å²) >= 11 is 0. The molecule has 0 aliphatic carbocycles. The van der Waals surface area contributed by atoms with E-state index >= 15 is 0 Å². The van der Waals surface area contributed by atoms with E-state index < -0.39 is 0 Å². The molecule has 0 saturated heterocycles. The molecule has 0 aliphatic heterocycles. The Labute approximate surface area is 105 Å². The topological polar surface area (TPSA) is 67.0 Å². The van der Waals surface area contributed by atoms with Crippen LogP contribution < -0.4 is 10.1 Å². The van der Waals surface area contributed by atoms with Gasteiger partial charge < -0.3 is 10.1 Å². The maximum absolute atomic E-state index is 12.2. The highest BCUT2D eigenvalue weighted by Crippen LogP contribution is 2.17. The fourth-order valence-electron chi connectivity index (χ4n) is 1.83. The van der Waals surface area contributed by atoms with Crippen molar-refractivity contribution in [2.45, 2.75) is 13.8 Å². The first-order chi connectivity index (χ1) is 8.61. The van der Waals surface area contributed by atoms with Gasteiger partial charge in [0.25, 0.3) is 5.91 Å². The Morgan fingerprint density at radius 1 is 1.33 bits per heavy atom. The van der Waals surface area contributed by atoms with Crippen LogP contribution in [-0.4, -0.2) is 23.2 Å². The fraction of sp³-hybridized carbons (Fsp3) is 0.231. The lowest BCUT2D eigenvalue weighted by Crippen LogP contribution is -2.15. The maximum Gasteiger partial charge on any atom is 0.257 e. The van der Waals surface area contributed by atoms with Gasteiger partial charge >= 0.3 is 0 Å². The number of benzene rings is 1. The summed E-state index contributed by atoms with van der Waals surface area (Å²) in [6.45, 7) is 3.82. The molecule has 1 heterocycles. The van der Waals surface area contributed by atoms with Crippen LogP contribution in [0.3, 0.4) is 0 Å². The van der Waals surface area contributed by atoms with E-state index in [0.29, 0.717) is 17.3 Å². The Kier molecular flexibility index (Phi) is 3.32. The Hall–Kier alpha value is -2.30. The molecule has 1 aromatic heterocycles. The second-order valence-electron chi connectivity index (χ2n) is 4.04. The number of hydrogen-bond donors (Lipinski definition) is 2. The highest BCUT2D eigenvalue weighted by Gasteiger charge is 2.13. The van der Waals surface area contributed by atoms with E-state index in [1.807, 2.05) is 32.0 Å². The van der Waals surface area contributed by atoms with Crippen molar-refractivity contribution in [1.82, 2.24) is 10.2 Å². The lowest BCUT2D eigenvalue weighted by Gasteiger charge is -2.08. The lowest BCUT2D eigenvalue weighted by atomic mass is 10.0. The standard InChI is InChI=1S/C13H15N3O2/c1-8-5-4-6-9(2)12(8)13(17)14-10-7-11(18-3)16-15-10/h4-7H,1-3H3,(H2,14,15,16,17). The second kappa shape index (κ2) is 4.91. The summed E-state index contributed by atoms with van der Waals surface area (Å²) in [4.78, 5) is 12.2. The number of nitrogens with one attached hydrogen (secondary N) is 2. The van der Waals surface area contributed by atoms with Crippen molar-refractivity contribution in [3.8, 4) is 5.88 Å². The number of carbonyl (C=O) groups excluding carboxylic acids is 1. The van der Waals surface area contributed by atoms with Crippen LogP contribution in [-0.2, 0) is 0 Å². The van der Waals surface area contributed by atoms with Crippen molar-refractivity contribution in [1.29, 1.82) is 0 Å². The minimum absolute atomic E-state index is 0.156. The molecule has 2 rings (SSSR count). The number of ether oxygens (including phenoxy) is 1. The van der Waals surface area contributed by atoms with Gasteiger partial charge in [-0.05, 0) is 25.0 Å². The largest absolute Gasteiger partial charge is 0.480 e. The Morgan fingerprint density at radius 2 is 2.00 bits per heavy atom. The first-order valence-electron chi connectivity index (χ1n) is 5.59. The quantitative estimate of drug-likeness (QED) is 0.871.